The third-order valence-electron chi connectivity index (χ3n) is 4.25. The highest BCUT2D eigenvalue weighted by Crippen LogP contribution is 2.21. The first-order valence-electron chi connectivity index (χ1n) is 7.40. The SMILES string of the molecule is O=C(O)CCN1CCC(C(=O)N2CCCCC2)CC1. The van der Waals surface area contributed by atoms with Crippen LogP contribution in [0.3, 0.4) is 0 Å². The molecule has 0 saturated carbocycles. The summed E-state index contributed by atoms with van der Waals surface area (Å²) >= 11 is 0. The zero-order chi connectivity index (χ0) is 13.7. The maximum Gasteiger partial charge on any atom is 0.304 e. The summed E-state index contributed by atoms with van der Waals surface area (Å²) in [5.41, 5.74) is 0. The van der Waals surface area contributed by atoms with Crippen LogP contribution in [0.4, 0.5) is 0 Å². The lowest BCUT2D eigenvalue weighted by molar-refractivity contribution is -0.139. The number of carbonyl (C=O) groups excluding carboxylic acids is 1. The molecule has 0 atom stereocenters. The maximum atomic E-state index is 12.3. The Balaban J connectivity index is 1.72. The average molecular weight is 268 g/mol. The Kier molecular flexibility index (Phi) is 5.19. The van der Waals surface area contributed by atoms with Gasteiger partial charge in [-0.15, -0.1) is 0 Å². The number of nitrogens with zero attached hydrogens (tertiary/aromatic N) is 2. The highest BCUT2D eigenvalue weighted by atomic mass is 16.4. The number of rotatable bonds is 4. The Morgan fingerprint density at radius 2 is 1.63 bits per heavy atom. The minimum absolute atomic E-state index is 0.166. The third-order valence-corrected chi connectivity index (χ3v) is 4.25. The maximum absolute atomic E-state index is 12.3. The average Bonchev–Trinajstić information content (AvgIpc) is 2.46. The van der Waals surface area contributed by atoms with E-state index in [1.165, 1.54) is 6.42 Å². The summed E-state index contributed by atoms with van der Waals surface area (Å²) in [5.74, 6) is -0.247. The van der Waals surface area contributed by atoms with Gasteiger partial charge in [-0.3, -0.25) is 9.59 Å². The third kappa shape index (κ3) is 4.20. The number of carbonyl (C=O) groups is 2. The quantitative estimate of drug-likeness (QED) is 0.832. The number of carboxylic acids is 1. The lowest BCUT2D eigenvalue weighted by atomic mass is 9.94. The smallest absolute Gasteiger partial charge is 0.304 e. The minimum Gasteiger partial charge on any atom is -0.481 e. The number of hydrogen-bond donors (Lipinski definition) is 1. The van der Waals surface area contributed by atoms with Crippen molar-refractivity contribution in [3.8, 4) is 0 Å². The molecule has 2 rings (SSSR count). The molecule has 2 saturated heterocycles. The van der Waals surface area contributed by atoms with Crippen LogP contribution in [-0.2, 0) is 9.59 Å². The molecule has 2 fully saturated rings. The lowest BCUT2D eigenvalue weighted by Gasteiger charge is -2.35. The molecule has 0 aromatic rings. The Morgan fingerprint density at radius 1 is 1.00 bits per heavy atom. The molecule has 0 aliphatic carbocycles. The molecular formula is C14H24N2O3. The van der Waals surface area contributed by atoms with Gasteiger partial charge in [-0.1, -0.05) is 0 Å². The van der Waals surface area contributed by atoms with E-state index in [2.05, 4.69) is 4.90 Å². The van der Waals surface area contributed by atoms with Crippen LogP contribution in [0, 0.1) is 5.92 Å². The molecule has 108 valence electrons. The first kappa shape index (κ1) is 14.3. The van der Waals surface area contributed by atoms with Crippen LogP contribution in [0.2, 0.25) is 0 Å². The van der Waals surface area contributed by atoms with Crippen LogP contribution in [0.25, 0.3) is 0 Å². The van der Waals surface area contributed by atoms with Crippen molar-refractivity contribution < 1.29 is 14.7 Å². The van der Waals surface area contributed by atoms with Crippen LogP contribution in [0.15, 0.2) is 0 Å². The van der Waals surface area contributed by atoms with Gasteiger partial charge in [0.15, 0.2) is 0 Å². The normalized spacial score (nSPS) is 22.4. The largest absolute Gasteiger partial charge is 0.481 e. The van der Waals surface area contributed by atoms with E-state index in [1.54, 1.807) is 0 Å². The summed E-state index contributed by atoms with van der Waals surface area (Å²) in [6.45, 7) is 4.19. The molecular weight excluding hydrogens is 244 g/mol. The summed E-state index contributed by atoms with van der Waals surface area (Å²) < 4.78 is 0. The molecule has 1 N–H and O–H groups in total. The molecule has 0 aromatic carbocycles. The van der Waals surface area contributed by atoms with E-state index in [9.17, 15) is 9.59 Å². The van der Waals surface area contributed by atoms with Crippen LogP contribution in [0.1, 0.15) is 38.5 Å². The first-order chi connectivity index (χ1) is 9.16. The summed E-state index contributed by atoms with van der Waals surface area (Å²) in [6.07, 6.45) is 5.50. The Bertz CT molecular complexity index is 319. The molecule has 2 heterocycles. The van der Waals surface area contributed by atoms with Crippen molar-refractivity contribution in [2.24, 2.45) is 5.92 Å². The molecule has 0 spiro atoms. The summed E-state index contributed by atoms with van der Waals surface area (Å²) in [5, 5.41) is 8.67. The van der Waals surface area contributed by atoms with Gasteiger partial charge in [0.25, 0.3) is 0 Å². The Hall–Kier alpha value is -1.10. The predicted molar refractivity (Wildman–Crippen MR) is 71.8 cm³/mol. The second kappa shape index (κ2) is 6.89. The molecule has 5 nitrogen and oxygen atoms in total. The molecule has 0 unspecified atom stereocenters. The van der Waals surface area contributed by atoms with E-state index >= 15 is 0 Å². The van der Waals surface area contributed by atoms with Gasteiger partial charge < -0.3 is 14.9 Å². The van der Waals surface area contributed by atoms with E-state index in [4.69, 9.17) is 5.11 Å². The van der Waals surface area contributed by atoms with Gasteiger partial charge in [-0.25, -0.2) is 0 Å². The zero-order valence-corrected chi connectivity index (χ0v) is 11.5. The lowest BCUT2D eigenvalue weighted by Crippen LogP contribution is -2.44. The molecule has 2 aliphatic heterocycles. The number of amides is 1. The van der Waals surface area contributed by atoms with Crippen molar-refractivity contribution in [1.82, 2.24) is 9.80 Å². The fraction of sp³-hybridized carbons (Fsp3) is 0.857. The number of hydrogen-bond acceptors (Lipinski definition) is 3. The first-order valence-corrected chi connectivity index (χ1v) is 7.40. The fourth-order valence-electron chi connectivity index (χ4n) is 3.03. The Labute approximate surface area is 114 Å². The molecule has 0 bridgehead atoms. The van der Waals surface area contributed by atoms with E-state index in [0.29, 0.717) is 12.5 Å². The topological polar surface area (TPSA) is 60.9 Å². The van der Waals surface area contributed by atoms with Gasteiger partial charge in [-0.05, 0) is 45.2 Å². The van der Waals surface area contributed by atoms with Crippen molar-refractivity contribution in [3.05, 3.63) is 0 Å². The number of likely N-dealkylation sites (tertiary alicyclic amines) is 2. The standard InChI is InChI=1S/C14H24N2O3/c17-13(18)6-11-15-9-4-12(5-10-15)14(19)16-7-2-1-3-8-16/h12H,1-11H2,(H,17,18). The fourth-order valence-corrected chi connectivity index (χ4v) is 3.03. The molecule has 0 aromatic heterocycles. The van der Waals surface area contributed by atoms with Gasteiger partial charge in [-0.2, -0.15) is 0 Å². The van der Waals surface area contributed by atoms with Gasteiger partial charge >= 0.3 is 5.97 Å². The van der Waals surface area contributed by atoms with Crippen LogP contribution in [0.5, 0.6) is 0 Å². The number of piperidine rings is 2. The predicted octanol–water partition coefficient (Wildman–Crippen LogP) is 1.19. The van der Waals surface area contributed by atoms with Crippen molar-refractivity contribution in [2.45, 2.75) is 38.5 Å². The molecule has 0 radical (unpaired) electrons. The van der Waals surface area contributed by atoms with Crippen molar-refractivity contribution in [2.75, 3.05) is 32.7 Å². The van der Waals surface area contributed by atoms with Crippen LogP contribution < -0.4 is 0 Å². The van der Waals surface area contributed by atoms with E-state index in [-0.39, 0.29) is 12.3 Å². The van der Waals surface area contributed by atoms with E-state index in [1.807, 2.05) is 4.90 Å². The molecule has 5 heteroatoms. The van der Waals surface area contributed by atoms with E-state index in [0.717, 1.165) is 51.9 Å². The minimum atomic E-state index is -0.744. The molecule has 19 heavy (non-hydrogen) atoms. The number of aliphatic carboxylic acids is 1. The highest BCUT2D eigenvalue weighted by Gasteiger charge is 2.29. The summed E-state index contributed by atoms with van der Waals surface area (Å²) in [6, 6.07) is 0. The molecule has 1 amide bonds. The van der Waals surface area contributed by atoms with Crippen molar-refractivity contribution in [3.63, 3.8) is 0 Å². The van der Waals surface area contributed by atoms with Crippen LogP contribution >= 0.6 is 0 Å². The summed E-state index contributed by atoms with van der Waals surface area (Å²) in [7, 11) is 0. The van der Waals surface area contributed by atoms with Gasteiger partial charge in [0.05, 0.1) is 6.42 Å². The van der Waals surface area contributed by atoms with Crippen LogP contribution in [-0.4, -0.2) is 59.5 Å². The van der Waals surface area contributed by atoms with E-state index < -0.39 is 5.97 Å². The monoisotopic (exact) mass is 268 g/mol. The zero-order valence-electron chi connectivity index (χ0n) is 11.5. The van der Waals surface area contributed by atoms with Crippen molar-refractivity contribution >= 4 is 11.9 Å². The second-order valence-corrected chi connectivity index (χ2v) is 5.65. The second-order valence-electron chi connectivity index (χ2n) is 5.65. The van der Waals surface area contributed by atoms with Crippen molar-refractivity contribution in [1.29, 1.82) is 0 Å². The molecule has 2 aliphatic rings. The summed E-state index contributed by atoms with van der Waals surface area (Å²) in [4.78, 5) is 27.1. The Morgan fingerprint density at radius 3 is 2.21 bits per heavy atom. The van der Waals surface area contributed by atoms with Gasteiger partial charge in [0.2, 0.25) is 5.91 Å². The van der Waals surface area contributed by atoms with Gasteiger partial charge in [0, 0.05) is 25.6 Å². The highest BCUT2D eigenvalue weighted by molar-refractivity contribution is 5.79. The van der Waals surface area contributed by atoms with Gasteiger partial charge in [0.1, 0.15) is 0 Å². The number of carboxylic acid groups (broad SMARTS) is 1.